The van der Waals surface area contributed by atoms with Gasteiger partial charge in [0.25, 0.3) is 0 Å². The first-order chi connectivity index (χ1) is 9.08. The van der Waals surface area contributed by atoms with Crippen LogP contribution in [0.4, 0.5) is 0 Å². The van der Waals surface area contributed by atoms with Crippen molar-refractivity contribution in [1.29, 1.82) is 0 Å². The van der Waals surface area contributed by atoms with E-state index in [2.05, 4.69) is 5.32 Å². The number of carboxylic acids is 1. The summed E-state index contributed by atoms with van der Waals surface area (Å²) in [5.74, 6) is -0.121. The van der Waals surface area contributed by atoms with Gasteiger partial charge >= 0.3 is 5.97 Å². The van der Waals surface area contributed by atoms with E-state index in [-0.39, 0.29) is 12.2 Å². The Morgan fingerprint density at radius 1 is 1.37 bits per heavy atom. The van der Waals surface area contributed by atoms with Crippen molar-refractivity contribution < 1.29 is 14.7 Å². The molecule has 0 atom stereocenters. The first-order valence-electron chi connectivity index (χ1n) is 6.64. The number of hydrogen-bond acceptors (Lipinski definition) is 3. The van der Waals surface area contributed by atoms with Crippen LogP contribution in [0.5, 0.6) is 0 Å². The number of hydrogen-bond donors (Lipinski definition) is 2. The zero-order valence-electron chi connectivity index (χ0n) is 11.1. The number of aliphatic carboxylic acids is 1. The highest BCUT2D eigenvalue weighted by Crippen LogP contribution is 2.42. The third kappa shape index (κ3) is 3.89. The number of Topliss-reactive ketones (excluding diaryl/α,β-unsaturated/α-hetero) is 1. The van der Waals surface area contributed by atoms with E-state index in [1.54, 1.807) is 6.92 Å². The summed E-state index contributed by atoms with van der Waals surface area (Å²) in [5.41, 5.74) is 3.18. The largest absolute Gasteiger partial charge is 0.481 e. The Hall–Kier alpha value is -1.68. The minimum absolute atomic E-state index is 0.0901. The Balaban J connectivity index is 2.02. The number of rotatable bonds is 7. The molecule has 2 N–H and O–H groups in total. The molecule has 0 aliphatic heterocycles. The van der Waals surface area contributed by atoms with E-state index in [1.807, 2.05) is 18.2 Å². The zero-order valence-corrected chi connectivity index (χ0v) is 11.1. The number of carbonyl (C=O) groups is 2. The summed E-state index contributed by atoms with van der Waals surface area (Å²) in [5, 5.41) is 11.7. The molecule has 19 heavy (non-hydrogen) atoms. The smallest absolute Gasteiger partial charge is 0.304 e. The minimum atomic E-state index is -0.790. The molecule has 1 fully saturated rings. The predicted octanol–water partition coefficient (Wildman–Crippen LogP) is 2.33. The van der Waals surface area contributed by atoms with Crippen LogP contribution < -0.4 is 5.32 Å². The normalized spacial score (nSPS) is 14.4. The molecule has 1 aromatic carbocycles. The van der Waals surface area contributed by atoms with Crippen molar-refractivity contribution in [1.82, 2.24) is 5.32 Å². The zero-order chi connectivity index (χ0) is 13.8. The van der Waals surface area contributed by atoms with Gasteiger partial charge in [0.1, 0.15) is 0 Å². The molecule has 1 saturated carbocycles. The predicted molar refractivity (Wildman–Crippen MR) is 72.4 cm³/mol. The summed E-state index contributed by atoms with van der Waals surface area (Å²) in [4.78, 5) is 21.8. The molecule has 0 aromatic heterocycles. The second kappa shape index (κ2) is 5.97. The van der Waals surface area contributed by atoms with Gasteiger partial charge in [-0.25, -0.2) is 0 Å². The van der Waals surface area contributed by atoms with Gasteiger partial charge in [0.15, 0.2) is 5.78 Å². The molecule has 4 heteroatoms. The maximum absolute atomic E-state index is 11.4. The number of benzene rings is 1. The molecule has 102 valence electrons. The lowest BCUT2D eigenvalue weighted by Crippen LogP contribution is -2.18. The van der Waals surface area contributed by atoms with E-state index in [9.17, 15) is 9.59 Å². The Morgan fingerprint density at radius 3 is 2.68 bits per heavy atom. The molecule has 4 nitrogen and oxygen atoms in total. The molecule has 1 aliphatic carbocycles. The van der Waals surface area contributed by atoms with Gasteiger partial charge in [-0.15, -0.1) is 0 Å². The molecule has 2 rings (SSSR count). The fraction of sp³-hybridized carbons (Fsp3) is 0.467. The van der Waals surface area contributed by atoms with Gasteiger partial charge in [0.2, 0.25) is 0 Å². The van der Waals surface area contributed by atoms with Crippen LogP contribution in [-0.2, 0) is 11.3 Å². The van der Waals surface area contributed by atoms with Crippen LogP contribution >= 0.6 is 0 Å². The summed E-state index contributed by atoms with van der Waals surface area (Å²) >= 11 is 0. The third-order valence-electron chi connectivity index (χ3n) is 3.40. The van der Waals surface area contributed by atoms with Crippen molar-refractivity contribution in [2.24, 2.45) is 0 Å². The number of ketones is 1. The highest BCUT2D eigenvalue weighted by atomic mass is 16.4. The van der Waals surface area contributed by atoms with Gasteiger partial charge in [-0.05, 0) is 42.9 Å². The summed E-state index contributed by atoms with van der Waals surface area (Å²) in [6.07, 6.45) is 2.50. The van der Waals surface area contributed by atoms with Gasteiger partial charge in [0.05, 0.1) is 6.42 Å². The first-order valence-corrected chi connectivity index (χ1v) is 6.64. The summed E-state index contributed by atoms with van der Waals surface area (Å²) < 4.78 is 0. The fourth-order valence-corrected chi connectivity index (χ4v) is 2.17. The van der Waals surface area contributed by atoms with Crippen molar-refractivity contribution in [3.8, 4) is 0 Å². The Kier molecular flexibility index (Phi) is 4.32. The monoisotopic (exact) mass is 261 g/mol. The average molecular weight is 261 g/mol. The van der Waals surface area contributed by atoms with Gasteiger partial charge in [-0.3, -0.25) is 9.59 Å². The molecule has 1 aliphatic rings. The highest BCUT2D eigenvalue weighted by Gasteiger charge is 2.26. The summed E-state index contributed by atoms with van der Waals surface area (Å²) in [7, 11) is 0. The van der Waals surface area contributed by atoms with Crippen LogP contribution in [0, 0.1) is 0 Å². The Morgan fingerprint density at radius 2 is 2.11 bits per heavy atom. The van der Waals surface area contributed by atoms with Crippen molar-refractivity contribution in [3.05, 3.63) is 34.9 Å². The molecule has 0 heterocycles. The van der Waals surface area contributed by atoms with Crippen LogP contribution in [0.25, 0.3) is 0 Å². The Bertz CT molecular complexity index is 492. The molecule has 0 saturated heterocycles. The summed E-state index contributed by atoms with van der Waals surface area (Å²) in [6, 6.07) is 5.83. The second-order valence-corrected chi connectivity index (χ2v) is 5.06. The lowest BCUT2D eigenvalue weighted by atomic mass is 9.98. The Labute approximate surface area is 112 Å². The number of nitrogens with one attached hydrogen (secondary N) is 1. The van der Waals surface area contributed by atoms with Gasteiger partial charge in [-0.2, -0.15) is 0 Å². The first kappa shape index (κ1) is 13.7. The van der Waals surface area contributed by atoms with Crippen LogP contribution in [0.3, 0.4) is 0 Å². The maximum Gasteiger partial charge on any atom is 0.304 e. The van der Waals surface area contributed by atoms with Crippen LogP contribution in [0.2, 0.25) is 0 Å². The molecule has 0 spiro atoms. The standard InChI is InChI=1S/C15H19NO3/c1-10(17)12-4-5-13(9-16-7-6-15(18)19)14(8-12)11-2-3-11/h4-5,8,11,16H,2-3,6-7,9H2,1H3,(H,18,19). The van der Waals surface area contributed by atoms with Crippen LogP contribution in [0.15, 0.2) is 18.2 Å². The maximum atomic E-state index is 11.4. The second-order valence-electron chi connectivity index (χ2n) is 5.06. The van der Waals surface area contributed by atoms with E-state index in [0.717, 1.165) is 5.56 Å². The van der Waals surface area contributed by atoms with E-state index in [4.69, 9.17) is 5.11 Å². The molecule has 0 amide bonds. The van der Waals surface area contributed by atoms with Crippen molar-refractivity contribution >= 4 is 11.8 Å². The molecule has 0 bridgehead atoms. The SMILES string of the molecule is CC(=O)c1ccc(CNCCC(=O)O)c(C2CC2)c1. The number of carbonyl (C=O) groups excluding carboxylic acids is 1. The van der Waals surface area contributed by atoms with Gasteiger partial charge in [-0.1, -0.05) is 12.1 Å². The molecular formula is C15H19NO3. The van der Waals surface area contributed by atoms with Crippen molar-refractivity contribution in [3.63, 3.8) is 0 Å². The van der Waals surface area contributed by atoms with Gasteiger partial charge in [0, 0.05) is 18.7 Å². The molecule has 0 radical (unpaired) electrons. The lowest BCUT2D eigenvalue weighted by Gasteiger charge is -2.11. The fourth-order valence-electron chi connectivity index (χ4n) is 2.17. The minimum Gasteiger partial charge on any atom is -0.481 e. The van der Waals surface area contributed by atoms with E-state index < -0.39 is 5.97 Å². The van der Waals surface area contributed by atoms with E-state index >= 15 is 0 Å². The molecular weight excluding hydrogens is 242 g/mol. The molecule has 0 unspecified atom stereocenters. The molecule has 1 aromatic rings. The van der Waals surface area contributed by atoms with Crippen LogP contribution in [-0.4, -0.2) is 23.4 Å². The topological polar surface area (TPSA) is 66.4 Å². The van der Waals surface area contributed by atoms with E-state index in [0.29, 0.717) is 19.0 Å². The van der Waals surface area contributed by atoms with E-state index in [1.165, 1.54) is 24.0 Å². The van der Waals surface area contributed by atoms with Crippen molar-refractivity contribution in [2.75, 3.05) is 6.54 Å². The van der Waals surface area contributed by atoms with Crippen LogP contribution in [0.1, 0.15) is 53.6 Å². The average Bonchev–Trinajstić information content (AvgIpc) is 3.18. The quantitative estimate of drug-likeness (QED) is 0.584. The number of carboxylic acid groups (broad SMARTS) is 1. The lowest BCUT2D eigenvalue weighted by molar-refractivity contribution is -0.136. The van der Waals surface area contributed by atoms with Crippen molar-refractivity contribution in [2.45, 2.75) is 38.6 Å². The highest BCUT2D eigenvalue weighted by molar-refractivity contribution is 5.94. The summed E-state index contributed by atoms with van der Waals surface area (Å²) in [6.45, 7) is 2.71. The third-order valence-corrected chi connectivity index (χ3v) is 3.40. The van der Waals surface area contributed by atoms with Gasteiger partial charge < -0.3 is 10.4 Å².